The number of nitrogens with zero attached hydrogens (tertiary/aromatic N) is 2. The van der Waals surface area contributed by atoms with Crippen LogP contribution in [-0.2, 0) is 25.7 Å². The summed E-state index contributed by atoms with van der Waals surface area (Å²) in [5.41, 5.74) is 11.0. The van der Waals surface area contributed by atoms with Crippen LogP contribution in [0.5, 0.6) is 0 Å². The maximum Gasteiger partial charge on any atom is 0.414 e. The number of rotatable bonds is 10. The Hall–Kier alpha value is -4.06. The van der Waals surface area contributed by atoms with Crippen molar-refractivity contribution in [2.45, 2.75) is 19.6 Å². The summed E-state index contributed by atoms with van der Waals surface area (Å²) in [6.07, 6.45) is -1.42. The number of halogens is 2. The molecule has 1 aliphatic rings. The number of anilines is 1. The number of carbonyl (C=O) groups is 4. The molecule has 1 atom stereocenters. The summed E-state index contributed by atoms with van der Waals surface area (Å²) in [7, 11) is 0. The first-order valence-corrected chi connectivity index (χ1v) is 10.6. The summed E-state index contributed by atoms with van der Waals surface area (Å²) in [6, 6.07) is 8.27. The van der Waals surface area contributed by atoms with Crippen LogP contribution < -0.4 is 21.7 Å². The van der Waals surface area contributed by atoms with Gasteiger partial charge < -0.3 is 21.5 Å². The van der Waals surface area contributed by atoms with Crippen LogP contribution in [0.2, 0.25) is 0 Å². The molecule has 0 aliphatic carbocycles. The maximum atomic E-state index is 14.9. The number of primary amides is 2. The van der Waals surface area contributed by atoms with Gasteiger partial charge in [-0.1, -0.05) is 24.3 Å². The number of hydrogen-bond donors (Lipinski definition) is 3. The van der Waals surface area contributed by atoms with Gasteiger partial charge in [-0.3, -0.25) is 24.2 Å². The molecular formula is C23H25F2N5O5. The second-order valence-corrected chi connectivity index (χ2v) is 8.11. The Morgan fingerprint density at radius 1 is 1.09 bits per heavy atom. The molecule has 2 aromatic rings. The molecule has 35 heavy (non-hydrogen) atoms. The highest BCUT2D eigenvalue weighted by molar-refractivity contribution is 5.90. The lowest BCUT2D eigenvalue weighted by atomic mass is 10.0. The highest BCUT2D eigenvalue weighted by Gasteiger charge is 2.33. The van der Waals surface area contributed by atoms with Gasteiger partial charge in [0.15, 0.2) is 0 Å². The molecular weight excluding hydrogens is 464 g/mol. The zero-order valence-electron chi connectivity index (χ0n) is 18.9. The van der Waals surface area contributed by atoms with Gasteiger partial charge in [-0.15, -0.1) is 0 Å². The van der Waals surface area contributed by atoms with Crippen LogP contribution in [0.4, 0.5) is 19.3 Å². The zero-order valence-corrected chi connectivity index (χ0v) is 18.9. The molecule has 1 fully saturated rings. The normalized spacial score (nSPS) is 15.3. The van der Waals surface area contributed by atoms with Crippen molar-refractivity contribution in [1.29, 1.82) is 0 Å². The van der Waals surface area contributed by atoms with Crippen molar-refractivity contribution in [3.8, 4) is 11.1 Å². The predicted octanol–water partition coefficient (Wildman–Crippen LogP) is 0.866. The topological polar surface area (TPSA) is 148 Å². The van der Waals surface area contributed by atoms with Crippen molar-refractivity contribution in [2.75, 3.05) is 31.1 Å². The largest absolute Gasteiger partial charge is 0.442 e. The lowest BCUT2D eigenvalue weighted by Gasteiger charge is -2.19. The zero-order chi connectivity index (χ0) is 25.7. The van der Waals surface area contributed by atoms with Crippen LogP contribution in [0.25, 0.3) is 11.1 Å². The van der Waals surface area contributed by atoms with E-state index in [4.69, 9.17) is 16.2 Å². The van der Waals surface area contributed by atoms with E-state index in [1.165, 1.54) is 24.0 Å². The minimum Gasteiger partial charge on any atom is -0.442 e. The minimum absolute atomic E-state index is 0.00996. The molecule has 4 amide bonds. The summed E-state index contributed by atoms with van der Waals surface area (Å²) in [6.45, 7) is 1.25. The minimum atomic E-state index is -0.880. The fourth-order valence-electron chi connectivity index (χ4n) is 3.73. The van der Waals surface area contributed by atoms with E-state index in [1.807, 2.05) is 0 Å². The number of carbonyl (C=O) groups excluding carboxylic acids is 4. The van der Waals surface area contributed by atoms with E-state index in [0.717, 1.165) is 17.0 Å². The van der Waals surface area contributed by atoms with Crippen molar-refractivity contribution in [2.24, 2.45) is 11.5 Å². The van der Waals surface area contributed by atoms with Crippen molar-refractivity contribution >= 4 is 29.5 Å². The Bertz CT molecular complexity index is 1100. The average Bonchev–Trinajstić information content (AvgIpc) is 3.12. The standard InChI is InChI=1S/C23H25F2N5O5/c1-13(31)28-8-17-10-30(23(34)35-17)16-6-18(24)22(19(25)7-16)15-4-2-14(3-5-15)9-29(11-20(26)32)12-21(27)33/h2-7,17H,8-12H2,1H3,(H2,26,32)(H2,27,33)(H,28,31)/t17-/m0/s1. The average molecular weight is 489 g/mol. The molecule has 1 saturated heterocycles. The molecule has 2 aromatic carbocycles. The molecule has 3 rings (SSSR count). The van der Waals surface area contributed by atoms with Crippen LogP contribution in [0, 0.1) is 11.6 Å². The Morgan fingerprint density at radius 3 is 2.17 bits per heavy atom. The number of hydrogen-bond acceptors (Lipinski definition) is 6. The van der Waals surface area contributed by atoms with Gasteiger partial charge in [0.2, 0.25) is 17.7 Å². The van der Waals surface area contributed by atoms with Crippen molar-refractivity contribution < 1.29 is 32.7 Å². The summed E-state index contributed by atoms with van der Waals surface area (Å²) in [5, 5.41) is 2.53. The summed E-state index contributed by atoms with van der Waals surface area (Å²) in [4.78, 5) is 48.2. The lowest BCUT2D eigenvalue weighted by Crippen LogP contribution is -2.39. The highest BCUT2D eigenvalue weighted by Crippen LogP contribution is 2.32. The number of nitrogens with two attached hydrogens (primary N) is 2. The molecule has 0 bridgehead atoms. The quantitative estimate of drug-likeness (QED) is 0.451. The third kappa shape index (κ3) is 6.73. The first-order valence-electron chi connectivity index (χ1n) is 10.6. The third-order valence-electron chi connectivity index (χ3n) is 5.20. The van der Waals surface area contributed by atoms with E-state index in [0.29, 0.717) is 5.56 Å². The molecule has 12 heteroatoms. The predicted molar refractivity (Wildman–Crippen MR) is 122 cm³/mol. The number of ether oxygens (including phenoxy) is 1. The van der Waals surface area contributed by atoms with E-state index in [1.54, 1.807) is 12.1 Å². The molecule has 1 aliphatic heterocycles. The monoisotopic (exact) mass is 489 g/mol. The Morgan fingerprint density at radius 2 is 1.66 bits per heavy atom. The molecule has 5 N–H and O–H groups in total. The van der Waals surface area contributed by atoms with E-state index >= 15 is 0 Å². The van der Waals surface area contributed by atoms with Gasteiger partial charge >= 0.3 is 6.09 Å². The summed E-state index contributed by atoms with van der Waals surface area (Å²) >= 11 is 0. The maximum absolute atomic E-state index is 14.9. The fraction of sp³-hybridized carbons (Fsp3) is 0.304. The number of amides is 4. The second-order valence-electron chi connectivity index (χ2n) is 8.11. The van der Waals surface area contributed by atoms with Crippen LogP contribution in [-0.4, -0.2) is 61.0 Å². The second kappa shape index (κ2) is 10.9. The van der Waals surface area contributed by atoms with Gasteiger partial charge in [-0.05, 0) is 23.3 Å². The molecule has 0 radical (unpaired) electrons. The molecule has 0 aromatic heterocycles. The lowest BCUT2D eigenvalue weighted by molar-refractivity contribution is -0.122. The number of benzene rings is 2. The van der Waals surface area contributed by atoms with Gasteiger partial charge in [-0.2, -0.15) is 0 Å². The molecule has 0 unspecified atom stereocenters. The molecule has 186 valence electrons. The van der Waals surface area contributed by atoms with E-state index < -0.39 is 35.6 Å². The Labute approximate surface area is 199 Å². The van der Waals surface area contributed by atoms with E-state index in [-0.39, 0.29) is 55.4 Å². The molecule has 0 spiro atoms. The van der Waals surface area contributed by atoms with Gasteiger partial charge in [0, 0.05) is 13.5 Å². The van der Waals surface area contributed by atoms with Gasteiger partial charge in [0.05, 0.1) is 37.4 Å². The van der Waals surface area contributed by atoms with Crippen molar-refractivity contribution in [3.05, 3.63) is 53.6 Å². The van der Waals surface area contributed by atoms with E-state index in [9.17, 15) is 28.0 Å². The van der Waals surface area contributed by atoms with Gasteiger partial charge in [-0.25, -0.2) is 13.6 Å². The van der Waals surface area contributed by atoms with Crippen LogP contribution in [0.3, 0.4) is 0 Å². The van der Waals surface area contributed by atoms with Crippen LogP contribution in [0.1, 0.15) is 12.5 Å². The SMILES string of the molecule is CC(=O)NC[C@H]1CN(c2cc(F)c(-c3ccc(CN(CC(N)=O)CC(N)=O)cc3)c(F)c2)C(=O)O1. The van der Waals surface area contributed by atoms with Gasteiger partial charge in [0.25, 0.3) is 0 Å². The molecule has 1 heterocycles. The number of nitrogens with one attached hydrogen (secondary N) is 1. The highest BCUT2D eigenvalue weighted by atomic mass is 19.1. The first kappa shape index (κ1) is 25.6. The third-order valence-corrected chi connectivity index (χ3v) is 5.20. The summed E-state index contributed by atoms with van der Waals surface area (Å²) < 4.78 is 35.0. The van der Waals surface area contributed by atoms with Crippen molar-refractivity contribution in [3.63, 3.8) is 0 Å². The van der Waals surface area contributed by atoms with Gasteiger partial charge in [0.1, 0.15) is 17.7 Å². The summed E-state index contributed by atoms with van der Waals surface area (Å²) in [5.74, 6) is -3.31. The Kier molecular flexibility index (Phi) is 7.97. The van der Waals surface area contributed by atoms with E-state index in [2.05, 4.69) is 5.32 Å². The van der Waals surface area contributed by atoms with Crippen LogP contribution in [0.15, 0.2) is 36.4 Å². The Balaban J connectivity index is 1.76. The first-order chi connectivity index (χ1) is 16.5. The molecule has 10 nitrogen and oxygen atoms in total. The van der Waals surface area contributed by atoms with Crippen LogP contribution >= 0.6 is 0 Å². The smallest absolute Gasteiger partial charge is 0.414 e. The number of cyclic esters (lactones) is 1. The fourth-order valence-corrected chi connectivity index (χ4v) is 3.73. The molecule has 0 saturated carbocycles. The van der Waals surface area contributed by atoms with Crippen molar-refractivity contribution in [1.82, 2.24) is 10.2 Å².